The molecule has 3 heterocycles. The molecule has 20 heavy (non-hydrogen) atoms. The Kier molecular flexibility index (Phi) is 2.81. The maximum Gasteiger partial charge on any atom is 0.191 e. The molecule has 0 N–H and O–H groups in total. The molecule has 1 aliphatic rings. The van der Waals surface area contributed by atoms with Gasteiger partial charge in [0.15, 0.2) is 7.14 Å². The van der Waals surface area contributed by atoms with Crippen LogP contribution in [0.2, 0.25) is 0 Å². The molecule has 0 fully saturated rings. The number of benzene rings is 1. The van der Waals surface area contributed by atoms with E-state index in [0.717, 1.165) is 25.7 Å². The van der Waals surface area contributed by atoms with Gasteiger partial charge in [-0.25, -0.2) is 0 Å². The summed E-state index contributed by atoms with van der Waals surface area (Å²) in [4.78, 5) is 0. The van der Waals surface area contributed by atoms with Gasteiger partial charge in [0.1, 0.15) is 0 Å². The summed E-state index contributed by atoms with van der Waals surface area (Å²) in [7, 11) is -2.72. The van der Waals surface area contributed by atoms with Crippen LogP contribution < -0.4 is 14.5 Å². The molecule has 98 valence electrons. The van der Waals surface area contributed by atoms with Gasteiger partial charge in [-0.05, 0) is 34.0 Å². The van der Waals surface area contributed by atoms with Crippen LogP contribution in [-0.2, 0) is 4.57 Å². The van der Waals surface area contributed by atoms with Crippen molar-refractivity contribution in [1.29, 1.82) is 0 Å². The molecule has 0 aliphatic carbocycles. The van der Waals surface area contributed by atoms with Gasteiger partial charge < -0.3 is 4.57 Å². The molecule has 1 aromatic carbocycles. The van der Waals surface area contributed by atoms with Crippen LogP contribution in [-0.4, -0.2) is 0 Å². The van der Waals surface area contributed by atoms with Crippen LogP contribution in [0.1, 0.15) is 11.1 Å². The van der Waals surface area contributed by atoms with Crippen LogP contribution in [0.25, 0.3) is 12.2 Å². The number of fused-ring (bicyclic) bond motifs is 2. The van der Waals surface area contributed by atoms with E-state index in [1.54, 1.807) is 22.7 Å². The first-order chi connectivity index (χ1) is 9.80. The number of rotatable bonds is 1. The van der Waals surface area contributed by atoms with Crippen molar-refractivity contribution in [3.8, 4) is 0 Å². The fourth-order valence-corrected chi connectivity index (χ4v) is 8.94. The Balaban J connectivity index is 2.11. The SMILES string of the molecule is O=P1(c2ccccc2)c2sccc2C=Cc2ccsc21. The van der Waals surface area contributed by atoms with Crippen LogP contribution >= 0.6 is 29.8 Å². The van der Waals surface area contributed by atoms with Gasteiger partial charge in [-0.1, -0.05) is 42.5 Å². The van der Waals surface area contributed by atoms with Gasteiger partial charge >= 0.3 is 0 Å². The second-order valence-corrected chi connectivity index (χ2v) is 9.71. The minimum absolute atomic E-state index is 0.927. The highest BCUT2D eigenvalue weighted by Crippen LogP contribution is 2.49. The molecule has 1 nitrogen and oxygen atoms in total. The molecule has 0 saturated carbocycles. The van der Waals surface area contributed by atoms with Crippen molar-refractivity contribution in [3.05, 3.63) is 64.4 Å². The molecule has 0 spiro atoms. The normalized spacial score (nSPS) is 15.4. The van der Waals surface area contributed by atoms with E-state index >= 15 is 0 Å². The van der Waals surface area contributed by atoms with E-state index in [1.807, 2.05) is 41.1 Å². The third-order valence-corrected chi connectivity index (χ3v) is 9.81. The maximum atomic E-state index is 14.0. The summed E-state index contributed by atoms with van der Waals surface area (Å²) in [6.07, 6.45) is 4.17. The third-order valence-electron chi connectivity index (χ3n) is 3.48. The van der Waals surface area contributed by atoms with Crippen molar-refractivity contribution in [1.82, 2.24) is 0 Å². The van der Waals surface area contributed by atoms with Crippen molar-refractivity contribution in [2.24, 2.45) is 0 Å². The molecule has 0 saturated heterocycles. The monoisotopic (exact) mass is 314 g/mol. The zero-order valence-corrected chi connectivity index (χ0v) is 13.1. The molecular weight excluding hydrogens is 303 g/mol. The average molecular weight is 314 g/mol. The van der Waals surface area contributed by atoms with Crippen LogP contribution in [0.4, 0.5) is 0 Å². The lowest BCUT2D eigenvalue weighted by Gasteiger charge is -2.17. The smallest absolute Gasteiger partial charge is 0.191 e. The molecule has 0 radical (unpaired) electrons. The second kappa shape index (κ2) is 4.56. The Morgan fingerprint density at radius 3 is 1.85 bits per heavy atom. The summed E-state index contributed by atoms with van der Waals surface area (Å²) in [6, 6.07) is 14.0. The minimum Gasteiger partial charge on any atom is -0.307 e. The molecular formula is C16H11OPS2. The Hall–Kier alpha value is -1.41. The lowest BCUT2D eigenvalue weighted by atomic mass is 10.2. The standard InChI is InChI=1S/C16H11OPS2/c17-18(14-4-2-1-3-5-14)15-12(8-10-19-15)6-7-13-9-11-20-16(13)18/h1-11H. The van der Waals surface area contributed by atoms with Gasteiger partial charge in [0.25, 0.3) is 0 Å². The molecule has 3 aromatic rings. The predicted molar refractivity (Wildman–Crippen MR) is 90.5 cm³/mol. The van der Waals surface area contributed by atoms with Crippen molar-refractivity contribution in [2.75, 3.05) is 0 Å². The Morgan fingerprint density at radius 2 is 1.30 bits per heavy atom. The van der Waals surface area contributed by atoms with Crippen molar-refractivity contribution < 1.29 is 4.57 Å². The molecule has 4 heteroatoms. The summed E-state index contributed by atoms with van der Waals surface area (Å²) < 4.78 is 16.0. The highest BCUT2D eigenvalue weighted by Gasteiger charge is 2.36. The zero-order valence-electron chi connectivity index (χ0n) is 10.5. The highest BCUT2D eigenvalue weighted by molar-refractivity contribution is 7.92. The van der Waals surface area contributed by atoms with E-state index in [9.17, 15) is 4.57 Å². The molecule has 2 aromatic heterocycles. The van der Waals surface area contributed by atoms with Gasteiger partial charge in [0.2, 0.25) is 0 Å². The summed E-state index contributed by atoms with van der Waals surface area (Å²) in [5.41, 5.74) is 2.18. The summed E-state index contributed by atoms with van der Waals surface area (Å²) >= 11 is 3.20. The maximum absolute atomic E-state index is 14.0. The van der Waals surface area contributed by atoms with E-state index in [0.29, 0.717) is 0 Å². The Labute approximate surface area is 125 Å². The summed E-state index contributed by atoms with van der Waals surface area (Å²) in [5, 5.41) is 4.99. The fourth-order valence-electron chi connectivity index (χ4n) is 2.53. The van der Waals surface area contributed by atoms with Crippen LogP contribution in [0, 0.1) is 0 Å². The number of hydrogen-bond acceptors (Lipinski definition) is 3. The molecule has 1 aliphatic heterocycles. The largest absolute Gasteiger partial charge is 0.307 e. The van der Waals surface area contributed by atoms with Crippen LogP contribution in [0.3, 0.4) is 0 Å². The molecule has 0 bridgehead atoms. The number of hydrogen-bond donors (Lipinski definition) is 0. The van der Waals surface area contributed by atoms with Crippen molar-refractivity contribution in [2.45, 2.75) is 0 Å². The summed E-state index contributed by atoms with van der Waals surface area (Å²) in [5.74, 6) is 0. The molecule has 0 atom stereocenters. The van der Waals surface area contributed by atoms with E-state index < -0.39 is 7.14 Å². The topological polar surface area (TPSA) is 17.1 Å². The lowest BCUT2D eigenvalue weighted by molar-refractivity contribution is 0.593. The van der Waals surface area contributed by atoms with E-state index in [4.69, 9.17) is 0 Å². The van der Waals surface area contributed by atoms with Gasteiger partial charge in [-0.2, -0.15) is 0 Å². The second-order valence-electron chi connectivity index (χ2n) is 4.64. The van der Waals surface area contributed by atoms with E-state index in [-0.39, 0.29) is 0 Å². The number of thiophene rings is 2. The average Bonchev–Trinajstić information content (AvgIpc) is 3.13. The predicted octanol–water partition coefficient (Wildman–Crippen LogP) is 3.93. The van der Waals surface area contributed by atoms with E-state index in [2.05, 4.69) is 24.3 Å². The molecule has 0 amide bonds. The van der Waals surface area contributed by atoms with Gasteiger partial charge in [0.05, 0.1) is 9.24 Å². The first kappa shape index (κ1) is 12.3. The first-order valence-electron chi connectivity index (χ1n) is 6.30. The van der Waals surface area contributed by atoms with Gasteiger partial charge in [0, 0.05) is 5.30 Å². The third kappa shape index (κ3) is 1.64. The summed E-state index contributed by atoms with van der Waals surface area (Å²) in [6.45, 7) is 0. The Morgan fingerprint density at radius 1 is 0.750 bits per heavy atom. The van der Waals surface area contributed by atoms with Crippen LogP contribution in [0.5, 0.6) is 0 Å². The van der Waals surface area contributed by atoms with Gasteiger partial charge in [-0.3, -0.25) is 0 Å². The van der Waals surface area contributed by atoms with E-state index in [1.165, 1.54) is 0 Å². The fraction of sp³-hybridized carbons (Fsp3) is 0. The zero-order chi connectivity index (χ0) is 13.6. The lowest BCUT2D eigenvalue weighted by Crippen LogP contribution is -2.23. The van der Waals surface area contributed by atoms with Crippen molar-refractivity contribution in [3.63, 3.8) is 0 Å². The highest BCUT2D eigenvalue weighted by atomic mass is 32.1. The minimum atomic E-state index is -2.72. The first-order valence-corrected chi connectivity index (χ1v) is 9.76. The quantitative estimate of drug-likeness (QED) is 0.487. The Bertz CT molecular complexity index is 794. The van der Waals surface area contributed by atoms with Crippen LogP contribution in [0.15, 0.2) is 53.2 Å². The van der Waals surface area contributed by atoms with Gasteiger partial charge in [-0.15, -0.1) is 22.7 Å². The molecule has 0 unspecified atom stereocenters. The molecule has 4 rings (SSSR count). The van der Waals surface area contributed by atoms with Crippen molar-refractivity contribution >= 4 is 56.5 Å².